The number of pyridine rings is 1. The van der Waals surface area contributed by atoms with Gasteiger partial charge < -0.3 is 20.2 Å². The number of nitrogens with zero attached hydrogens (tertiary/aromatic N) is 1. The standard InChI is InChI=1S/C23H20FN3O3/c1-13(2)29-17-8-16(20-11-15-4-3-7-26-23(15)27-20)9-18(12-17)30-21-6-5-14(22(25)28)10-19(21)24/h3-13H,1-2H3,(H2,25,28)(H,26,27). The largest absolute Gasteiger partial charge is 0.491 e. The number of carbonyl (C=O) groups is 1. The van der Waals surface area contributed by atoms with Crippen LogP contribution in [0.1, 0.15) is 24.2 Å². The number of H-pyrrole nitrogens is 1. The Morgan fingerprint density at radius 2 is 1.90 bits per heavy atom. The van der Waals surface area contributed by atoms with Crippen LogP contribution in [0.5, 0.6) is 17.2 Å². The fourth-order valence-corrected chi connectivity index (χ4v) is 3.10. The lowest BCUT2D eigenvalue weighted by Gasteiger charge is -2.14. The molecule has 0 radical (unpaired) electrons. The summed E-state index contributed by atoms with van der Waals surface area (Å²) in [5.41, 5.74) is 7.66. The molecule has 4 rings (SSSR count). The monoisotopic (exact) mass is 405 g/mol. The lowest BCUT2D eigenvalue weighted by Crippen LogP contribution is -2.11. The van der Waals surface area contributed by atoms with Crippen molar-refractivity contribution in [3.8, 4) is 28.5 Å². The summed E-state index contributed by atoms with van der Waals surface area (Å²) in [6.07, 6.45) is 1.66. The van der Waals surface area contributed by atoms with E-state index in [1.807, 2.05) is 38.1 Å². The predicted octanol–water partition coefficient (Wildman–Crippen LogP) is 5.05. The van der Waals surface area contributed by atoms with Gasteiger partial charge in [-0.2, -0.15) is 0 Å². The number of benzene rings is 2. The lowest BCUT2D eigenvalue weighted by atomic mass is 10.1. The smallest absolute Gasteiger partial charge is 0.248 e. The third-order valence-electron chi connectivity index (χ3n) is 4.40. The molecule has 0 aliphatic carbocycles. The molecule has 2 aromatic heterocycles. The molecule has 1 amide bonds. The molecule has 3 N–H and O–H groups in total. The van der Waals surface area contributed by atoms with Gasteiger partial charge in [-0.15, -0.1) is 0 Å². The Kier molecular flexibility index (Phi) is 5.10. The van der Waals surface area contributed by atoms with E-state index in [4.69, 9.17) is 15.2 Å². The Balaban J connectivity index is 1.74. The Morgan fingerprint density at radius 1 is 1.10 bits per heavy atom. The second-order valence-corrected chi connectivity index (χ2v) is 7.10. The van der Waals surface area contributed by atoms with Gasteiger partial charge >= 0.3 is 0 Å². The molecule has 0 fully saturated rings. The molecule has 2 heterocycles. The second kappa shape index (κ2) is 7.87. The summed E-state index contributed by atoms with van der Waals surface area (Å²) in [6.45, 7) is 3.84. The first-order valence-electron chi connectivity index (χ1n) is 9.42. The number of aromatic nitrogens is 2. The third kappa shape index (κ3) is 4.10. The summed E-state index contributed by atoms with van der Waals surface area (Å²) < 4.78 is 26.0. The van der Waals surface area contributed by atoms with E-state index >= 15 is 0 Å². The van der Waals surface area contributed by atoms with Crippen LogP contribution < -0.4 is 15.2 Å². The molecule has 152 valence electrons. The van der Waals surface area contributed by atoms with Crippen molar-refractivity contribution in [3.63, 3.8) is 0 Å². The van der Waals surface area contributed by atoms with Crippen molar-refractivity contribution >= 4 is 16.9 Å². The number of hydrogen-bond acceptors (Lipinski definition) is 4. The number of rotatable bonds is 6. The molecule has 0 aliphatic rings. The SMILES string of the molecule is CC(C)Oc1cc(Oc2ccc(C(N)=O)cc2F)cc(-c2cc3cccnc3[nH]2)c1. The molecule has 7 heteroatoms. The number of hydrogen-bond donors (Lipinski definition) is 2. The van der Waals surface area contributed by atoms with E-state index in [0.29, 0.717) is 11.5 Å². The highest BCUT2D eigenvalue weighted by Crippen LogP contribution is 2.34. The molecule has 0 saturated carbocycles. The molecule has 0 unspecified atom stereocenters. The number of primary amides is 1. The van der Waals surface area contributed by atoms with Crippen molar-refractivity contribution in [1.29, 1.82) is 0 Å². The van der Waals surface area contributed by atoms with Crippen LogP contribution in [0.4, 0.5) is 4.39 Å². The van der Waals surface area contributed by atoms with Crippen molar-refractivity contribution in [2.45, 2.75) is 20.0 Å². The van der Waals surface area contributed by atoms with Gasteiger partial charge in [0.1, 0.15) is 17.1 Å². The van der Waals surface area contributed by atoms with E-state index < -0.39 is 11.7 Å². The first kappa shape index (κ1) is 19.4. The van der Waals surface area contributed by atoms with Gasteiger partial charge in [0.05, 0.1) is 6.10 Å². The maximum atomic E-state index is 14.4. The molecular weight excluding hydrogens is 385 g/mol. The normalized spacial score (nSPS) is 11.1. The molecule has 0 spiro atoms. The number of amides is 1. The van der Waals surface area contributed by atoms with Crippen LogP contribution in [-0.2, 0) is 0 Å². The Morgan fingerprint density at radius 3 is 2.60 bits per heavy atom. The van der Waals surface area contributed by atoms with E-state index in [9.17, 15) is 9.18 Å². The van der Waals surface area contributed by atoms with Crippen LogP contribution in [0.25, 0.3) is 22.3 Å². The number of fused-ring (bicyclic) bond motifs is 1. The summed E-state index contributed by atoms with van der Waals surface area (Å²) >= 11 is 0. The molecule has 0 bridgehead atoms. The van der Waals surface area contributed by atoms with Gasteiger partial charge in [0.25, 0.3) is 0 Å². The van der Waals surface area contributed by atoms with Crippen LogP contribution in [-0.4, -0.2) is 22.0 Å². The van der Waals surface area contributed by atoms with Crippen molar-refractivity contribution in [2.24, 2.45) is 5.73 Å². The number of aromatic amines is 1. The highest BCUT2D eigenvalue weighted by atomic mass is 19.1. The average molecular weight is 405 g/mol. The summed E-state index contributed by atoms with van der Waals surface area (Å²) in [5, 5.41) is 0.971. The van der Waals surface area contributed by atoms with Crippen LogP contribution in [0.3, 0.4) is 0 Å². The Bertz CT molecular complexity index is 1200. The van der Waals surface area contributed by atoms with Crippen LogP contribution in [0.2, 0.25) is 0 Å². The fraction of sp³-hybridized carbons (Fsp3) is 0.130. The maximum absolute atomic E-state index is 14.4. The van der Waals surface area contributed by atoms with Gasteiger partial charge in [-0.3, -0.25) is 4.79 Å². The number of nitrogens with two attached hydrogens (primary N) is 1. The van der Waals surface area contributed by atoms with E-state index in [1.54, 1.807) is 18.3 Å². The number of halogens is 1. The molecule has 0 saturated heterocycles. The van der Waals surface area contributed by atoms with Crippen LogP contribution in [0.15, 0.2) is 60.8 Å². The van der Waals surface area contributed by atoms with E-state index in [0.717, 1.165) is 28.4 Å². The zero-order valence-corrected chi connectivity index (χ0v) is 16.5. The predicted molar refractivity (Wildman–Crippen MR) is 112 cm³/mol. The first-order valence-corrected chi connectivity index (χ1v) is 9.42. The average Bonchev–Trinajstić information content (AvgIpc) is 3.13. The molecule has 4 aromatic rings. The molecule has 30 heavy (non-hydrogen) atoms. The summed E-state index contributed by atoms with van der Waals surface area (Å²) in [4.78, 5) is 18.8. The van der Waals surface area contributed by atoms with E-state index in [2.05, 4.69) is 9.97 Å². The summed E-state index contributed by atoms with van der Waals surface area (Å²) in [5.74, 6) is -0.440. The van der Waals surface area contributed by atoms with E-state index in [1.165, 1.54) is 12.1 Å². The molecule has 2 aromatic carbocycles. The number of nitrogens with one attached hydrogen (secondary N) is 1. The molecule has 0 atom stereocenters. The summed E-state index contributed by atoms with van der Waals surface area (Å²) in [6, 6.07) is 15.0. The van der Waals surface area contributed by atoms with Gasteiger partial charge in [0, 0.05) is 34.5 Å². The van der Waals surface area contributed by atoms with Gasteiger partial charge in [0.2, 0.25) is 5.91 Å². The zero-order valence-electron chi connectivity index (χ0n) is 16.5. The highest BCUT2D eigenvalue weighted by Gasteiger charge is 2.13. The van der Waals surface area contributed by atoms with Crippen molar-refractivity contribution in [3.05, 3.63) is 72.2 Å². The van der Waals surface area contributed by atoms with Gasteiger partial charge in [0.15, 0.2) is 11.6 Å². The minimum atomic E-state index is -0.706. The molecule has 6 nitrogen and oxygen atoms in total. The van der Waals surface area contributed by atoms with E-state index in [-0.39, 0.29) is 17.4 Å². The molecule has 0 aliphatic heterocycles. The summed E-state index contributed by atoms with van der Waals surface area (Å²) in [7, 11) is 0. The van der Waals surface area contributed by atoms with Gasteiger partial charge in [-0.05, 0) is 62.4 Å². The quantitative estimate of drug-likeness (QED) is 0.470. The molecular formula is C23H20FN3O3. The fourth-order valence-electron chi connectivity index (χ4n) is 3.10. The lowest BCUT2D eigenvalue weighted by molar-refractivity contribution is 0.1000. The topological polar surface area (TPSA) is 90.2 Å². The first-order chi connectivity index (χ1) is 14.4. The van der Waals surface area contributed by atoms with Crippen molar-refractivity contribution in [2.75, 3.05) is 0 Å². The van der Waals surface area contributed by atoms with Gasteiger partial charge in [-0.25, -0.2) is 9.37 Å². The highest BCUT2D eigenvalue weighted by molar-refractivity contribution is 5.92. The third-order valence-corrected chi connectivity index (χ3v) is 4.40. The minimum Gasteiger partial charge on any atom is -0.491 e. The Hall–Kier alpha value is -3.87. The number of ether oxygens (including phenoxy) is 2. The maximum Gasteiger partial charge on any atom is 0.248 e. The van der Waals surface area contributed by atoms with Crippen molar-refractivity contribution < 1.29 is 18.7 Å². The number of carbonyl (C=O) groups excluding carboxylic acids is 1. The Labute approximate surface area is 172 Å². The van der Waals surface area contributed by atoms with Gasteiger partial charge in [-0.1, -0.05) is 0 Å². The van der Waals surface area contributed by atoms with Crippen LogP contribution >= 0.6 is 0 Å². The second-order valence-electron chi connectivity index (χ2n) is 7.10. The minimum absolute atomic E-state index is 0.0223. The van der Waals surface area contributed by atoms with Crippen LogP contribution in [0, 0.1) is 5.82 Å². The zero-order chi connectivity index (χ0) is 21.3. The van der Waals surface area contributed by atoms with Crippen molar-refractivity contribution in [1.82, 2.24) is 9.97 Å².